The number of pyridine rings is 1. The number of carbonyl (C=O) groups is 2. The van der Waals surface area contributed by atoms with Gasteiger partial charge in [0, 0.05) is 17.3 Å². The molecule has 3 aromatic rings. The maximum Gasteiger partial charge on any atom is 0.259 e. The molecule has 1 aromatic carbocycles. The fourth-order valence-electron chi connectivity index (χ4n) is 3.49. The highest BCUT2D eigenvalue weighted by Gasteiger charge is 2.27. The number of fused-ring (bicyclic) bond motifs is 1. The summed E-state index contributed by atoms with van der Waals surface area (Å²) < 4.78 is 14.2. The zero-order valence-corrected chi connectivity index (χ0v) is 16.7. The average molecular weight is 409 g/mol. The molecule has 2 aromatic heterocycles. The number of nitrogens with one attached hydrogen (secondary N) is 2. The lowest BCUT2D eigenvalue weighted by Gasteiger charge is -2.14. The molecular weight excluding hydrogens is 389 g/mol. The van der Waals surface area contributed by atoms with Gasteiger partial charge in [0.15, 0.2) is 0 Å². The zero-order valence-electron chi connectivity index (χ0n) is 15.9. The highest BCUT2D eigenvalue weighted by molar-refractivity contribution is 7.17. The van der Waals surface area contributed by atoms with E-state index in [9.17, 15) is 14.0 Å². The topological polar surface area (TPSA) is 71.1 Å². The third kappa shape index (κ3) is 4.05. The van der Waals surface area contributed by atoms with Crippen LogP contribution in [0.5, 0.6) is 0 Å². The van der Waals surface area contributed by atoms with Crippen molar-refractivity contribution < 1.29 is 14.0 Å². The van der Waals surface area contributed by atoms with Crippen LogP contribution >= 0.6 is 11.3 Å². The van der Waals surface area contributed by atoms with E-state index in [4.69, 9.17) is 0 Å². The minimum absolute atomic E-state index is 0.135. The molecule has 0 aliphatic heterocycles. The van der Waals surface area contributed by atoms with E-state index < -0.39 is 11.7 Å². The van der Waals surface area contributed by atoms with E-state index in [1.54, 1.807) is 30.5 Å². The third-order valence-electron chi connectivity index (χ3n) is 4.92. The average Bonchev–Trinajstić information content (AvgIpc) is 3.09. The van der Waals surface area contributed by atoms with Crippen LogP contribution in [0.2, 0.25) is 0 Å². The molecule has 29 heavy (non-hydrogen) atoms. The molecule has 0 unspecified atom stereocenters. The lowest BCUT2D eigenvalue weighted by atomic mass is 9.95. The largest absolute Gasteiger partial charge is 0.319 e. The Bertz CT molecular complexity index is 1080. The Morgan fingerprint density at radius 3 is 2.72 bits per heavy atom. The standard InChI is InChI=1S/C22H20FN3O2S/c1-13-8-9-16(23)17(11-13)25-21(28)19-15-6-2-3-7-18(15)29-22(19)26-20(27)14-5-4-10-24-12-14/h4-5,8-12H,2-3,6-7H2,1H3,(H,25,28)(H,26,27). The van der Waals surface area contributed by atoms with Gasteiger partial charge in [-0.15, -0.1) is 11.3 Å². The summed E-state index contributed by atoms with van der Waals surface area (Å²) in [6, 6.07) is 7.93. The number of nitrogens with zero attached hydrogens (tertiary/aromatic N) is 1. The van der Waals surface area contributed by atoms with Crippen LogP contribution in [-0.4, -0.2) is 16.8 Å². The molecule has 0 saturated carbocycles. The molecule has 1 aliphatic carbocycles. The summed E-state index contributed by atoms with van der Waals surface area (Å²) in [7, 11) is 0. The fraction of sp³-hybridized carbons (Fsp3) is 0.227. The Balaban J connectivity index is 1.68. The number of benzene rings is 1. The summed E-state index contributed by atoms with van der Waals surface area (Å²) in [4.78, 5) is 30.8. The second-order valence-electron chi connectivity index (χ2n) is 7.05. The molecule has 2 N–H and O–H groups in total. The summed E-state index contributed by atoms with van der Waals surface area (Å²) in [5.41, 5.74) is 2.78. The van der Waals surface area contributed by atoms with E-state index in [2.05, 4.69) is 15.6 Å². The second kappa shape index (κ2) is 8.13. The van der Waals surface area contributed by atoms with Gasteiger partial charge >= 0.3 is 0 Å². The Labute approximate surface area is 172 Å². The van der Waals surface area contributed by atoms with Gasteiger partial charge in [-0.2, -0.15) is 0 Å². The summed E-state index contributed by atoms with van der Waals surface area (Å²) in [6.45, 7) is 1.83. The van der Waals surface area contributed by atoms with Crippen LogP contribution < -0.4 is 10.6 Å². The maximum absolute atomic E-state index is 14.2. The first-order chi connectivity index (χ1) is 14.0. The molecule has 148 valence electrons. The predicted octanol–water partition coefficient (Wildman–Crippen LogP) is 4.97. The van der Waals surface area contributed by atoms with Gasteiger partial charge in [0.1, 0.15) is 10.8 Å². The Morgan fingerprint density at radius 2 is 1.93 bits per heavy atom. The van der Waals surface area contributed by atoms with Crippen molar-refractivity contribution in [2.24, 2.45) is 0 Å². The van der Waals surface area contributed by atoms with Crippen molar-refractivity contribution in [3.63, 3.8) is 0 Å². The Hall–Kier alpha value is -3.06. The molecule has 2 heterocycles. The van der Waals surface area contributed by atoms with Crippen LogP contribution in [0.1, 0.15) is 49.6 Å². The first-order valence-corrected chi connectivity index (χ1v) is 10.3. The van der Waals surface area contributed by atoms with Crippen LogP contribution in [0.15, 0.2) is 42.7 Å². The number of aryl methyl sites for hydroxylation is 2. The minimum atomic E-state index is -0.492. The highest BCUT2D eigenvalue weighted by Crippen LogP contribution is 2.39. The van der Waals surface area contributed by atoms with E-state index >= 15 is 0 Å². The van der Waals surface area contributed by atoms with Crippen molar-refractivity contribution in [2.45, 2.75) is 32.6 Å². The van der Waals surface area contributed by atoms with E-state index in [1.807, 2.05) is 6.92 Å². The smallest absolute Gasteiger partial charge is 0.259 e. The van der Waals surface area contributed by atoms with Gasteiger partial charge in [-0.3, -0.25) is 14.6 Å². The number of halogens is 1. The number of hydrogen-bond acceptors (Lipinski definition) is 4. The summed E-state index contributed by atoms with van der Waals surface area (Å²) in [5, 5.41) is 6.04. The number of aromatic nitrogens is 1. The third-order valence-corrected chi connectivity index (χ3v) is 6.13. The van der Waals surface area contributed by atoms with E-state index in [1.165, 1.54) is 23.6 Å². The van der Waals surface area contributed by atoms with Crippen molar-refractivity contribution in [3.05, 3.63) is 75.7 Å². The lowest BCUT2D eigenvalue weighted by molar-refractivity contribution is 0.102. The van der Waals surface area contributed by atoms with Gasteiger partial charge in [-0.25, -0.2) is 4.39 Å². The van der Waals surface area contributed by atoms with Gasteiger partial charge in [0.25, 0.3) is 11.8 Å². The summed E-state index contributed by atoms with van der Waals surface area (Å²) in [6.07, 6.45) is 6.76. The maximum atomic E-state index is 14.2. The molecule has 5 nitrogen and oxygen atoms in total. The van der Waals surface area contributed by atoms with E-state index in [0.717, 1.165) is 41.7 Å². The Kier molecular flexibility index (Phi) is 5.40. The van der Waals surface area contributed by atoms with Gasteiger partial charge in [0.05, 0.1) is 16.8 Å². The molecular formula is C22H20FN3O2S. The van der Waals surface area contributed by atoms with E-state index in [0.29, 0.717) is 16.1 Å². The molecule has 0 atom stereocenters. The van der Waals surface area contributed by atoms with Crippen LogP contribution in [0.4, 0.5) is 15.1 Å². The van der Waals surface area contributed by atoms with Gasteiger partial charge in [0.2, 0.25) is 0 Å². The molecule has 0 spiro atoms. The SMILES string of the molecule is Cc1ccc(F)c(NC(=O)c2c(NC(=O)c3cccnc3)sc3c2CCCC3)c1. The first kappa shape index (κ1) is 19.3. The molecule has 0 fully saturated rings. The lowest BCUT2D eigenvalue weighted by Crippen LogP contribution is -2.19. The predicted molar refractivity (Wildman–Crippen MR) is 112 cm³/mol. The van der Waals surface area contributed by atoms with Crippen molar-refractivity contribution >= 4 is 33.8 Å². The number of anilines is 2. The Morgan fingerprint density at radius 1 is 1.10 bits per heavy atom. The normalized spacial score (nSPS) is 12.9. The van der Waals surface area contributed by atoms with Gasteiger partial charge < -0.3 is 10.6 Å². The molecule has 0 radical (unpaired) electrons. The van der Waals surface area contributed by atoms with Crippen molar-refractivity contribution in [1.29, 1.82) is 0 Å². The van der Waals surface area contributed by atoms with Gasteiger partial charge in [-0.1, -0.05) is 6.07 Å². The minimum Gasteiger partial charge on any atom is -0.319 e. The molecule has 1 aliphatic rings. The zero-order chi connectivity index (χ0) is 20.4. The number of hydrogen-bond donors (Lipinski definition) is 2. The first-order valence-electron chi connectivity index (χ1n) is 9.46. The molecule has 0 saturated heterocycles. The molecule has 0 bridgehead atoms. The molecule has 4 rings (SSSR count). The van der Waals surface area contributed by atoms with Crippen molar-refractivity contribution in [1.82, 2.24) is 4.98 Å². The van der Waals surface area contributed by atoms with Crippen LogP contribution in [0, 0.1) is 12.7 Å². The summed E-state index contributed by atoms with van der Waals surface area (Å²) in [5.74, 6) is -1.23. The van der Waals surface area contributed by atoms with Crippen LogP contribution in [0.25, 0.3) is 0 Å². The fourth-order valence-corrected chi connectivity index (χ4v) is 4.77. The summed E-state index contributed by atoms with van der Waals surface area (Å²) >= 11 is 1.42. The quantitative estimate of drug-likeness (QED) is 0.639. The van der Waals surface area contributed by atoms with Crippen LogP contribution in [0.3, 0.4) is 0 Å². The molecule has 7 heteroatoms. The van der Waals surface area contributed by atoms with Crippen LogP contribution in [-0.2, 0) is 12.8 Å². The van der Waals surface area contributed by atoms with E-state index in [-0.39, 0.29) is 11.6 Å². The van der Waals surface area contributed by atoms with Crippen molar-refractivity contribution in [2.75, 3.05) is 10.6 Å². The number of amides is 2. The number of carbonyl (C=O) groups excluding carboxylic acids is 2. The van der Waals surface area contributed by atoms with Crippen molar-refractivity contribution in [3.8, 4) is 0 Å². The number of thiophene rings is 1. The van der Waals surface area contributed by atoms with Gasteiger partial charge in [-0.05, 0) is 68.0 Å². The molecule has 2 amide bonds. The highest BCUT2D eigenvalue weighted by atomic mass is 32.1. The monoisotopic (exact) mass is 409 g/mol. The second-order valence-corrected chi connectivity index (χ2v) is 8.15. The number of rotatable bonds is 4.